The number of likely N-dealkylation sites (tertiary alicyclic amines) is 1. The van der Waals surface area contributed by atoms with Gasteiger partial charge in [0.05, 0.1) is 11.6 Å². The van der Waals surface area contributed by atoms with Gasteiger partial charge in [-0.05, 0) is 30.5 Å². The van der Waals surface area contributed by atoms with Crippen molar-refractivity contribution in [3.63, 3.8) is 0 Å². The van der Waals surface area contributed by atoms with Crippen LogP contribution in [-0.2, 0) is 4.79 Å². The second-order valence-corrected chi connectivity index (χ2v) is 9.29. The van der Waals surface area contributed by atoms with E-state index in [2.05, 4.69) is 24.4 Å². The van der Waals surface area contributed by atoms with Crippen LogP contribution in [0.3, 0.4) is 0 Å². The molecule has 4 rings (SSSR count). The lowest BCUT2D eigenvalue weighted by molar-refractivity contribution is -0.137. The molecule has 0 unspecified atom stereocenters. The van der Waals surface area contributed by atoms with Gasteiger partial charge in [0.1, 0.15) is 5.82 Å². The van der Waals surface area contributed by atoms with Gasteiger partial charge in [-0.1, -0.05) is 55.8 Å². The summed E-state index contributed by atoms with van der Waals surface area (Å²) in [5.74, 6) is -0.249. The summed E-state index contributed by atoms with van der Waals surface area (Å²) in [5, 5.41) is 3.01. The van der Waals surface area contributed by atoms with Crippen molar-refractivity contribution in [1.29, 1.82) is 0 Å². The first-order valence-electron chi connectivity index (χ1n) is 12.4. The number of hydrogen-bond acceptors (Lipinski definition) is 3. The minimum Gasteiger partial charge on any atom is -0.366 e. The molecule has 0 saturated carbocycles. The van der Waals surface area contributed by atoms with Crippen LogP contribution in [0.25, 0.3) is 0 Å². The Morgan fingerprint density at radius 3 is 2.35 bits per heavy atom. The fourth-order valence-electron chi connectivity index (χ4n) is 5.03. The van der Waals surface area contributed by atoms with E-state index in [1.807, 2.05) is 39.0 Å². The number of anilines is 1. The smallest absolute Gasteiger partial charge is 0.317 e. The van der Waals surface area contributed by atoms with Crippen LogP contribution in [0.15, 0.2) is 54.6 Å². The number of piperazine rings is 1. The third-order valence-electron chi connectivity index (χ3n) is 6.95. The van der Waals surface area contributed by atoms with Crippen LogP contribution < -0.4 is 10.2 Å². The van der Waals surface area contributed by atoms with E-state index >= 15 is 0 Å². The highest BCUT2D eigenvalue weighted by molar-refractivity contribution is 5.81. The zero-order chi connectivity index (χ0) is 23.9. The van der Waals surface area contributed by atoms with Crippen LogP contribution in [0.5, 0.6) is 0 Å². The van der Waals surface area contributed by atoms with E-state index in [1.165, 1.54) is 6.07 Å². The lowest BCUT2D eigenvalue weighted by Crippen LogP contribution is -2.55. The van der Waals surface area contributed by atoms with Gasteiger partial charge in [-0.25, -0.2) is 9.18 Å². The summed E-state index contributed by atoms with van der Waals surface area (Å²) in [5.41, 5.74) is 1.75. The number of carbonyl (C=O) groups excluding carboxylic acids is 2. The molecule has 2 atom stereocenters. The summed E-state index contributed by atoms with van der Waals surface area (Å²) < 4.78 is 14.2. The van der Waals surface area contributed by atoms with Crippen LogP contribution in [0.4, 0.5) is 14.9 Å². The predicted octanol–water partition coefficient (Wildman–Crippen LogP) is 4.09. The van der Waals surface area contributed by atoms with E-state index in [9.17, 15) is 14.0 Å². The van der Waals surface area contributed by atoms with E-state index in [4.69, 9.17) is 0 Å². The molecule has 0 spiro atoms. The first-order chi connectivity index (χ1) is 16.6. The Balaban J connectivity index is 1.43. The Bertz CT molecular complexity index is 962. The van der Waals surface area contributed by atoms with Crippen LogP contribution >= 0.6 is 0 Å². The van der Waals surface area contributed by atoms with Crippen molar-refractivity contribution in [1.82, 2.24) is 15.1 Å². The summed E-state index contributed by atoms with van der Waals surface area (Å²) >= 11 is 0. The molecule has 0 aliphatic carbocycles. The van der Waals surface area contributed by atoms with E-state index < -0.39 is 0 Å². The van der Waals surface area contributed by atoms with Gasteiger partial charge in [0, 0.05) is 51.7 Å². The summed E-state index contributed by atoms with van der Waals surface area (Å²) in [6, 6.07) is 16.9. The maximum absolute atomic E-state index is 14.2. The Kier molecular flexibility index (Phi) is 8.03. The normalized spacial score (nSPS) is 20.8. The number of hydrogen-bond donors (Lipinski definition) is 1. The average Bonchev–Trinajstić information content (AvgIpc) is 2.89. The molecule has 2 aromatic carbocycles. The molecule has 2 aromatic rings. The molecule has 3 amide bonds. The number of rotatable bonds is 6. The maximum Gasteiger partial charge on any atom is 0.317 e. The summed E-state index contributed by atoms with van der Waals surface area (Å²) in [6.07, 6.45) is 2.69. The molecule has 0 aromatic heterocycles. The van der Waals surface area contributed by atoms with Crippen molar-refractivity contribution in [3.8, 4) is 0 Å². The van der Waals surface area contributed by atoms with Crippen LogP contribution in [0, 0.1) is 11.7 Å². The van der Waals surface area contributed by atoms with Crippen molar-refractivity contribution in [2.75, 3.05) is 50.7 Å². The number of amides is 3. The number of halogens is 1. The SMILES string of the molecule is CCCCNC(=O)N1C[C@H](C(=O)N2CCN(c3ccccc3F)CC2)C[C@H](c2ccccc2)C1. The Morgan fingerprint density at radius 1 is 0.941 bits per heavy atom. The quantitative estimate of drug-likeness (QED) is 0.653. The van der Waals surface area contributed by atoms with E-state index in [0.717, 1.165) is 24.8 Å². The topological polar surface area (TPSA) is 55.9 Å². The largest absolute Gasteiger partial charge is 0.366 e. The maximum atomic E-state index is 14.2. The number of unbranched alkanes of at least 4 members (excludes halogenated alkanes) is 1. The van der Waals surface area contributed by atoms with Crippen molar-refractivity contribution >= 4 is 17.6 Å². The van der Waals surface area contributed by atoms with Crippen LogP contribution in [-0.4, -0.2) is 67.6 Å². The number of urea groups is 1. The van der Waals surface area contributed by atoms with Gasteiger partial charge in [-0.15, -0.1) is 0 Å². The number of nitrogens with zero attached hydrogens (tertiary/aromatic N) is 3. The fraction of sp³-hybridized carbons (Fsp3) is 0.481. The molecular weight excluding hydrogens is 431 g/mol. The first kappa shape index (κ1) is 24.0. The molecule has 0 radical (unpaired) electrons. The van der Waals surface area contributed by atoms with Gasteiger partial charge >= 0.3 is 6.03 Å². The van der Waals surface area contributed by atoms with Gasteiger partial charge in [0.15, 0.2) is 0 Å². The highest BCUT2D eigenvalue weighted by Gasteiger charge is 2.37. The zero-order valence-corrected chi connectivity index (χ0v) is 20.0. The molecular formula is C27H35FN4O2. The summed E-state index contributed by atoms with van der Waals surface area (Å²) in [4.78, 5) is 32.1. The molecule has 1 N–H and O–H groups in total. The lowest BCUT2D eigenvalue weighted by Gasteiger charge is -2.41. The summed E-state index contributed by atoms with van der Waals surface area (Å²) in [7, 11) is 0. The lowest BCUT2D eigenvalue weighted by atomic mass is 9.84. The molecule has 2 heterocycles. The molecule has 182 valence electrons. The van der Waals surface area contributed by atoms with Gasteiger partial charge in [0.25, 0.3) is 0 Å². The number of benzene rings is 2. The number of piperidine rings is 1. The molecule has 2 fully saturated rings. The highest BCUT2D eigenvalue weighted by atomic mass is 19.1. The second kappa shape index (κ2) is 11.4. The first-order valence-corrected chi connectivity index (χ1v) is 12.4. The Labute approximate surface area is 201 Å². The predicted molar refractivity (Wildman–Crippen MR) is 132 cm³/mol. The zero-order valence-electron chi connectivity index (χ0n) is 20.0. The Hall–Kier alpha value is -3.09. The number of nitrogens with one attached hydrogen (secondary N) is 1. The highest BCUT2D eigenvalue weighted by Crippen LogP contribution is 2.32. The van der Waals surface area contributed by atoms with E-state index in [1.54, 1.807) is 12.1 Å². The van der Waals surface area contributed by atoms with Crippen molar-refractivity contribution in [2.45, 2.75) is 32.1 Å². The minimum absolute atomic E-state index is 0.0868. The van der Waals surface area contributed by atoms with Gasteiger partial charge in [-0.2, -0.15) is 0 Å². The number of carbonyl (C=O) groups is 2. The molecule has 2 aliphatic heterocycles. The average molecular weight is 467 g/mol. The molecule has 2 saturated heterocycles. The van der Waals surface area contributed by atoms with Crippen LogP contribution in [0.1, 0.15) is 37.7 Å². The van der Waals surface area contributed by atoms with Crippen molar-refractivity contribution < 1.29 is 14.0 Å². The van der Waals surface area contributed by atoms with Gasteiger partial charge < -0.3 is 20.0 Å². The third-order valence-corrected chi connectivity index (χ3v) is 6.95. The molecule has 34 heavy (non-hydrogen) atoms. The molecule has 2 aliphatic rings. The molecule has 6 nitrogen and oxygen atoms in total. The van der Waals surface area contributed by atoms with Gasteiger partial charge in [-0.3, -0.25) is 4.79 Å². The second-order valence-electron chi connectivity index (χ2n) is 9.29. The van der Waals surface area contributed by atoms with E-state index in [-0.39, 0.29) is 29.6 Å². The van der Waals surface area contributed by atoms with Gasteiger partial charge in [0.2, 0.25) is 5.91 Å². The van der Waals surface area contributed by atoms with Crippen LogP contribution in [0.2, 0.25) is 0 Å². The number of para-hydroxylation sites is 1. The molecule has 7 heteroatoms. The minimum atomic E-state index is -0.240. The van der Waals surface area contributed by atoms with E-state index in [0.29, 0.717) is 51.5 Å². The standard InChI is InChI=1S/C27H35FN4O2/c1-2-3-13-29-27(34)32-19-22(21-9-5-4-6-10-21)18-23(20-32)26(33)31-16-14-30(15-17-31)25-12-8-7-11-24(25)28/h4-12,22-23H,2-3,13-20H2,1H3,(H,29,34)/t22-,23+/m0/s1. The monoisotopic (exact) mass is 466 g/mol. The van der Waals surface area contributed by atoms with Crippen molar-refractivity contribution in [2.24, 2.45) is 5.92 Å². The molecule has 0 bridgehead atoms. The van der Waals surface area contributed by atoms with Crippen molar-refractivity contribution in [3.05, 3.63) is 66.0 Å². The Morgan fingerprint density at radius 2 is 1.65 bits per heavy atom. The fourth-order valence-corrected chi connectivity index (χ4v) is 5.03. The summed E-state index contributed by atoms with van der Waals surface area (Å²) in [6.45, 7) is 6.12. The third kappa shape index (κ3) is 5.69.